The number of likely N-dealkylation sites (N-methyl/N-ethyl adjacent to an activating group) is 1. The monoisotopic (exact) mass is 126 g/mol. The molecule has 0 atom stereocenters. The van der Waals surface area contributed by atoms with Crippen LogP contribution >= 0.6 is 0 Å². The molecule has 0 rings (SSSR count). The third kappa shape index (κ3) is 2.64. The van der Waals surface area contributed by atoms with Crippen LogP contribution in [0.4, 0.5) is 0 Å². The van der Waals surface area contributed by atoms with Crippen molar-refractivity contribution < 1.29 is 4.79 Å². The van der Waals surface area contributed by atoms with Gasteiger partial charge in [0.05, 0.1) is 0 Å². The lowest BCUT2D eigenvalue weighted by Crippen LogP contribution is -2.18. The molecule has 9 heavy (non-hydrogen) atoms. The summed E-state index contributed by atoms with van der Waals surface area (Å²) in [5, 5.41) is 2.40. The summed E-state index contributed by atoms with van der Waals surface area (Å²) in [4.78, 5) is 14.2. The highest BCUT2D eigenvalue weighted by Crippen LogP contribution is 1.88. The molecule has 0 aromatic heterocycles. The van der Waals surface area contributed by atoms with Crippen LogP contribution < -0.4 is 5.32 Å². The summed E-state index contributed by atoms with van der Waals surface area (Å²) < 4.78 is 0. The number of aliphatic imine (C=N–C) groups is 1. The van der Waals surface area contributed by atoms with Crippen LogP contribution in [-0.2, 0) is 4.79 Å². The molecular formula is C6H10N2O. The predicted octanol–water partition coefficient (Wildman–Crippen LogP) is 0.337. The molecule has 50 valence electrons. The summed E-state index contributed by atoms with van der Waals surface area (Å²) in [5.74, 6) is -0.242. The molecule has 0 aromatic rings. The smallest absolute Gasteiger partial charge is 0.268 e. The van der Waals surface area contributed by atoms with E-state index < -0.39 is 0 Å². The van der Waals surface area contributed by atoms with E-state index in [0.717, 1.165) is 0 Å². The van der Waals surface area contributed by atoms with Crippen molar-refractivity contribution in [3.05, 3.63) is 12.3 Å². The summed E-state index contributed by atoms with van der Waals surface area (Å²) >= 11 is 0. The van der Waals surface area contributed by atoms with E-state index in [-0.39, 0.29) is 11.6 Å². The molecule has 0 spiro atoms. The number of rotatable bonds is 2. The van der Waals surface area contributed by atoms with Gasteiger partial charge < -0.3 is 5.32 Å². The van der Waals surface area contributed by atoms with Crippen LogP contribution in [0.5, 0.6) is 0 Å². The zero-order chi connectivity index (χ0) is 7.28. The van der Waals surface area contributed by atoms with Crippen molar-refractivity contribution in [1.29, 1.82) is 0 Å². The summed E-state index contributed by atoms with van der Waals surface area (Å²) in [6.45, 7) is 5.14. The van der Waals surface area contributed by atoms with Gasteiger partial charge in [0.2, 0.25) is 0 Å². The topological polar surface area (TPSA) is 41.5 Å². The lowest BCUT2D eigenvalue weighted by Gasteiger charge is -1.93. The lowest BCUT2D eigenvalue weighted by atomic mass is 10.5. The molecule has 3 heteroatoms. The summed E-state index contributed by atoms with van der Waals surface area (Å²) in [6, 6.07) is 0. The van der Waals surface area contributed by atoms with Gasteiger partial charge in [-0.2, -0.15) is 0 Å². The minimum Gasteiger partial charge on any atom is -0.354 e. The SMILES string of the molecule is C=C(/N=C\C)C(=O)NC. The van der Waals surface area contributed by atoms with E-state index in [4.69, 9.17) is 0 Å². The molecule has 0 fully saturated rings. The fourth-order valence-corrected chi connectivity index (χ4v) is 0.359. The molecule has 1 N–H and O–H groups in total. The third-order valence-corrected chi connectivity index (χ3v) is 0.774. The minimum absolute atomic E-state index is 0.236. The number of amides is 1. The quantitative estimate of drug-likeness (QED) is 0.420. The maximum absolute atomic E-state index is 10.6. The number of hydrogen-bond donors (Lipinski definition) is 1. The van der Waals surface area contributed by atoms with Crippen LogP contribution in [0.25, 0.3) is 0 Å². The van der Waals surface area contributed by atoms with Crippen LogP contribution in [0.15, 0.2) is 17.3 Å². The number of carbonyl (C=O) groups excluding carboxylic acids is 1. The highest BCUT2D eigenvalue weighted by molar-refractivity contribution is 5.93. The highest BCUT2D eigenvalue weighted by atomic mass is 16.1. The number of carbonyl (C=O) groups is 1. The molecule has 0 saturated heterocycles. The van der Waals surface area contributed by atoms with E-state index >= 15 is 0 Å². The summed E-state index contributed by atoms with van der Waals surface area (Å²) in [6.07, 6.45) is 1.53. The normalized spacial score (nSPS) is 9.56. The first kappa shape index (κ1) is 7.88. The Labute approximate surface area is 54.5 Å². The van der Waals surface area contributed by atoms with Crippen LogP contribution in [0.1, 0.15) is 6.92 Å². The Morgan fingerprint density at radius 3 is 2.67 bits per heavy atom. The van der Waals surface area contributed by atoms with E-state index in [1.54, 1.807) is 14.0 Å². The molecule has 0 aromatic carbocycles. The highest BCUT2D eigenvalue weighted by Gasteiger charge is 1.97. The van der Waals surface area contributed by atoms with Gasteiger partial charge in [-0.1, -0.05) is 6.58 Å². The van der Waals surface area contributed by atoms with Crippen molar-refractivity contribution in [1.82, 2.24) is 5.32 Å². The van der Waals surface area contributed by atoms with E-state index in [9.17, 15) is 4.79 Å². The summed E-state index contributed by atoms with van der Waals surface area (Å²) in [7, 11) is 1.54. The van der Waals surface area contributed by atoms with Gasteiger partial charge in [-0.05, 0) is 6.92 Å². The maximum atomic E-state index is 10.6. The second kappa shape index (κ2) is 3.83. The van der Waals surface area contributed by atoms with Gasteiger partial charge in [0.15, 0.2) is 0 Å². The van der Waals surface area contributed by atoms with E-state index in [1.165, 1.54) is 6.21 Å². The second-order valence-corrected chi connectivity index (χ2v) is 1.41. The number of hydrogen-bond acceptors (Lipinski definition) is 2. The first-order valence-electron chi connectivity index (χ1n) is 2.62. The first-order valence-corrected chi connectivity index (χ1v) is 2.62. The fourth-order valence-electron chi connectivity index (χ4n) is 0.359. The molecule has 0 aliphatic heterocycles. The average Bonchev–Trinajstić information content (AvgIpc) is 1.87. The Kier molecular flexibility index (Phi) is 3.35. The molecule has 3 nitrogen and oxygen atoms in total. The van der Waals surface area contributed by atoms with Crippen molar-refractivity contribution in [2.24, 2.45) is 4.99 Å². The van der Waals surface area contributed by atoms with Crippen LogP contribution in [0, 0.1) is 0 Å². The first-order chi connectivity index (χ1) is 4.22. The Bertz CT molecular complexity index is 149. The molecule has 0 aliphatic rings. The third-order valence-electron chi connectivity index (χ3n) is 0.774. The number of nitrogens with zero attached hydrogens (tertiary/aromatic N) is 1. The van der Waals surface area contributed by atoms with E-state index in [2.05, 4.69) is 16.9 Å². The average molecular weight is 126 g/mol. The van der Waals surface area contributed by atoms with Gasteiger partial charge in [-0.3, -0.25) is 9.79 Å². The molecule has 0 aliphatic carbocycles. The van der Waals surface area contributed by atoms with E-state index in [1.807, 2.05) is 0 Å². The van der Waals surface area contributed by atoms with Gasteiger partial charge in [0.1, 0.15) is 5.70 Å². The molecule has 1 amide bonds. The van der Waals surface area contributed by atoms with Gasteiger partial charge in [0, 0.05) is 13.3 Å². The molecule has 0 bridgehead atoms. The molecule has 0 radical (unpaired) electrons. The van der Waals surface area contributed by atoms with Gasteiger partial charge in [0.25, 0.3) is 5.91 Å². The largest absolute Gasteiger partial charge is 0.354 e. The Balaban J connectivity index is 3.89. The maximum Gasteiger partial charge on any atom is 0.268 e. The zero-order valence-electron chi connectivity index (χ0n) is 5.64. The fraction of sp³-hybridized carbons (Fsp3) is 0.333. The van der Waals surface area contributed by atoms with Gasteiger partial charge >= 0.3 is 0 Å². The van der Waals surface area contributed by atoms with E-state index in [0.29, 0.717) is 0 Å². The minimum atomic E-state index is -0.242. The van der Waals surface area contributed by atoms with Crippen LogP contribution in [-0.4, -0.2) is 19.2 Å². The Morgan fingerprint density at radius 2 is 2.33 bits per heavy atom. The lowest BCUT2D eigenvalue weighted by molar-refractivity contribution is -0.117. The van der Waals surface area contributed by atoms with Crippen LogP contribution in [0.2, 0.25) is 0 Å². The zero-order valence-corrected chi connectivity index (χ0v) is 5.64. The van der Waals surface area contributed by atoms with Crippen molar-refractivity contribution in [2.75, 3.05) is 7.05 Å². The van der Waals surface area contributed by atoms with Gasteiger partial charge in [-0.15, -0.1) is 0 Å². The predicted molar refractivity (Wildman–Crippen MR) is 37.4 cm³/mol. The molecule has 0 unspecified atom stereocenters. The molecule has 0 saturated carbocycles. The Morgan fingerprint density at radius 1 is 1.78 bits per heavy atom. The van der Waals surface area contributed by atoms with Crippen molar-refractivity contribution in [2.45, 2.75) is 6.92 Å². The molecule has 0 heterocycles. The summed E-state index contributed by atoms with van der Waals surface area (Å²) in [5.41, 5.74) is 0.236. The van der Waals surface area contributed by atoms with Crippen LogP contribution in [0.3, 0.4) is 0 Å². The van der Waals surface area contributed by atoms with Crippen molar-refractivity contribution in [3.63, 3.8) is 0 Å². The molecular weight excluding hydrogens is 116 g/mol. The van der Waals surface area contributed by atoms with Crippen molar-refractivity contribution in [3.8, 4) is 0 Å². The van der Waals surface area contributed by atoms with Crippen molar-refractivity contribution >= 4 is 12.1 Å². The Hall–Kier alpha value is -1.12. The number of nitrogens with one attached hydrogen (secondary N) is 1. The standard InChI is InChI=1S/C6H10N2O/c1-4-8-5(2)6(9)7-3/h4H,2H2,1,3H3,(H,7,9)/b8-4-. The second-order valence-electron chi connectivity index (χ2n) is 1.41. The van der Waals surface area contributed by atoms with Gasteiger partial charge in [-0.25, -0.2) is 0 Å².